The number of nitrogens with one attached hydrogen (secondary N) is 2. The zero-order valence-corrected chi connectivity index (χ0v) is 16.2. The third-order valence-electron chi connectivity index (χ3n) is 3.12. The number of hydrogen-bond acceptors (Lipinski definition) is 6. The van der Waals surface area contributed by atoms with Gasteiger partial charge in [0.05, 0.1) is 26.9 Å². The second-order valence-electron chi connectivity index (χ2n) is 4.71. The molecule has 0 spiro atoms. The molecule has 0 atom stereocenters. The molecule has 0 saturated carbocycles. The molecular formula is C16H16BrN3O4S. The van der Waals surface area contributed by atoms with E-state index in [0.29, 0.717) is 33.0 Å². The number of benzene rings is 1. The smallest absolute Gasteiger partial charge is 0.259 e. The second-order valence-corrected chi connectivity index (χ2v) is 6.04. The number of anilines is 1. The van der Waals surface area contributed by atoms with Crippen LogP contribution in [0.2, 0.25) is 0 Å². The number of amides is 1. The van der Waals surface area contributed by atoms with Crippen molar-refractivity contribution in [2.24, 2.45) is 0 Å². The predicted octanol–water partition coefficient (Wildman–Crippen LogP) is 3.00. The minimum atomic E-state index is -0.376. The number of hydrogen-bond donors (Lipinski definition) is 2. The average Bonchev–Trinajstić information content (AvgIpc) is 2.60. The summed E-state index contributed by atoms with van der Waals surface area (Å²) in [4.78, 5) is 16.1. The molecule has 0 radical (unpaired) electrons. The Kier molecular flexibility index (Phi) is 6.54. The number of nitrogens with zero attached hydrogens (tertiary/aromatic N) is 1. The van der Waals surface area contributed by atoms with Crippen molar-refractivity contribution >= 4 is 44.9 Å². The first-order chi connectivity index (χ1) is 12.0. The highest BCUT2D eigenvalue weighted by molar-refractivity contribution is 9.10. The minimum Gasteiger partial charge on any atom is -0.493 e. The SMILES string of the molecule is COc1cc(NC(=S)NC(=O)c2cncc(Br)c2)cc(OC)c1OC. The average molecular weight is 426 g/mol. The summed E-state index contributed by atoms with van der Waals surface area (Å²) < 4.78 is 16.5. The predicted molar refractivity (Wildman–Crippen MR) is 102 cm³/mol. The largest absolute Gasteiger partial charge is 0.493 e. The fourth-order valence-corrected chi connectivity index (χ4v) is 2.60. The molecule has 0 aliphatic heterocycles. The summed E-state index contributed by atoms with van der Waals surface area (Å²) in [5.41, 5.74) is 0.954. The molecule has 0 bridgehead atoms. The number of aromatic nitrogens is 1. The molecule has 2 rings (SSSR count). The van der Waals surface area contributed by atoms with Crippen LogP contribution in [0.15, 0.2) is 35.1 Å². The maximum atomic E-state index is 12.2. The minimum absolute atomic E-state index is 0.124. The Morgan fingerprint density at radius 2 is 1.72 bits per heavy atom. The molecule has 132 valence electrons. The topological polar surface area (TPSA) is 81.7 Å². The van der Waals surface area contributed by atoms with E-state index >= 15 is 0 Å². The number of rotatable bonds is 5. The highest BCUT2D eigenvalue weighted by atomic mass is 79.9. The van der Waals surface area contributed by atoms with Crippen LogP contribution in [0.25, 0.3) is 0 Å². The summed E-state index contributed by atoms with van der Waals surface area (Å²) >= 11 is 8.44. The van der Waals surface area contributed by atoms with E-state index in [1.54, 1.807) is 24.4 Å². The number of pyridine rings is 1. The first-order valence-electron chi connectivity index (χ1n) is 7.01. The maximum absolute atomic E-state index is 12.2. The van der Waals surface area contributed by atoms with E-state index in [1.165, 1.54) is 27.5 Å². The molecule has 9 heteroatoms. The Balaban J connectivity index is 2.13. The second kappa shape index (κ2) is 8.63. The summed E-state index contributed by atoms with van der Waals surface area (Å²) in [6.45, 7) is 0. The van der Waals surface area contributed by atoms with Gasteiger partial charge in [-0.2, -0.15) is 0 Å². The molecule has 1 heterocycles. The first kappa shape index (κ1) is 18.9. The molecule has 25 heavy (non-hydrogen) atoms. The van der Waals surface area contributed by atoms with E-state index in [9.17, 15) is 4.79 Å². The number of carbonyl (C=O) groups is 1. The van der Waals surface area contributed by atoms with Gasteiger partial charge in [-0.15, -0.1) is 0 Å². The van der Waals surface area contributed by atoms with Crippen molar-refractivity contribution in [1.82, 2.24) is 10.3 Å². The molecule has 1 aromatic heterocycles. The third kappa shape index (κ3) is 4.80. The molecule has 0 aliphatic rings. The molecule has 1 amide bonds. The van der Waals surface area contributed by atoms with Crippen molar-refractivity contribution in [3.05, 3.63) is 40.6 Å². The summed E-state index contributed by atoms with van der Waals surface area (Å²) in [6.07, 6.45) is 3.03. The first-order valence-corrected chi connectivity index (χ1v) is 8.21. The Labute approximate surface area is 158 Å². The van der Waals surface area contributed by atoms with Gasteiger partial charge in [0, 0.05) is 34.7 Å². The van der Waals surface area contributed by atoms with E-state index < -0.39 is 0 Å². The van der Waals surface area contributed by atoms with Gasteiger partial charge in [-0.1, -0.05) is 0 Å². The zero-order valence-electron chi connectivity index (χ0n) is 13.8. The lowest BCUT2D eigenvalue weighted by Crippen LogP contribution is -2.34. The Bertz CT molecular complexity index is 776. The monoisotopic (exact) mass is 425 g/mol. The Hall–Kier alpha value is -2.39. The number of ether oxygens (including phenoxy) is 3. The van der Waals surface area contributed by atoms with Crippen LogP contribution in [0, 0.1) is 0 Å². The van der Waals surface area contributed by atoms with Crippen molar-refractivity contribution in [3.63, 3.8) is 0 Å². The van der Waals surface area contributed by atoms with Crippen molar-refractivity contribution in [2.75, 3.05) is 26.6 Å². The van der Waals surface area contributed by atoms with E-state index in [1.807, 2.05) is 0 Å². The fraction of sp³-hybridized carbons (Fsp3) is 0.188. The van der Waals surface area contributed by atoms with Crippen molar-refractivity contribution in [2.45, 2.75) is 0 Å². The highest BCUT2D eigenvalue weighted by Gasteiger charge is 2.15. The van der Waals surface area contributed by atoms with Gasteiger partial charge >= 0.3 is 0 Å². The Morgan fingerprint density at radius 1 is 1.08 bits per heavy atom. The fourth-order valence-electron chi connectivity index (χ4n) is 2.03. The van der Waals surface area contributed by atoms with Gasteiger partial charge in [0.15, 0.2) is 16.6 Å². The normalized spacial score (nSPS) is 9.92. The van der Waals surface area contributed by atoms with Crippen LogP contribution in [-0.4, -0.2) is 37.3 Å². The summed E-state index contributed by atoms with van der Waals surface area (Å²) in [6, 6.07) is 5.01. The van der Waals surface area contributed by atoms with Crippen LogP contribution in [-0.2, 0) is 0 Å². The van der Waals surface area contributed by atoms with Crippen LogP contribution in [0.3, 0.4) is 0 Å². The summed E-state index contributed by atoms with van der Waals surface area (Å²) in [5, 5.41) is 5.62. The molecule has 2 N–H and O–H groups in total. The van der Waals surface area contributed by atoms with E-state index in [-0.39, 0.29) is 11.0 Å². The molecule has 7 nitrogen and oxygen atoms in total. The molecule has 0 aliphatic carbocycles. The van der Waals surface area contributed by atoms with Gasteiger partial charge in [0.2, 0.25) is 5.75 Å². The van der Waals surface area contributed by atoms with Gasteiger partial charge in [-0.3, -0.25) is 15.1 Å². The van der Waals surface area contributed by atoms with Crippen LogP contribution in [0.5, 0.6) is 17.2 Å². The van der Waals surface area contributed by atoms with Crippen molar-refractivity contribution in [1.29, 1.82) is 0 Å². The maximum Gasteiger partial charge on any atom is 0.259 e. The summed E-state index contributed by atoms with van der Waals surface area (Å²) in [7, 11) is 4.55. The number of thiocarbonyl (C=S) groups is 1. The molecule has 2 aromatic rings. The van der Waals surface area contributed by atoms with Crippen LogP contribution < -0.4 is 24.8 Å². The Morgan fingerprint density at radius 3 is 2.24 bits per heavy atom. The van der Waals surface area contributed by atoms with Crippen molar-refractivity contribution in [3.8, 4) is 17.2 Å². The van der Waals surface area contributed by atoms with Crippen molar-refractivity contribution < 1.29 is 19.0 Å². The van der Waals surface area contributed by atoms with Crippen LogP contribution >= 0.6 is 28.1 Å². The van der Waals surface area contributed by atoms with Gasteiger partial charge in [0.1, 0.15) is 0 Å². The highest BCUT2D eigenvalue weighted by Crippen LogP contribution is 2.39. The van der Waals surface area contributed by atoms with Gasteiger partial charge in [-0.25, -0.2) is 0 Å². The lowest BCUT2D eigenvalue weighted by Gasteiger charge is -2.15. The zero-order chi connectivity index (χ0) is 18.4. The van der Waals surface area contributed by atoms with Gasteiger partial charge in [-0.05, 0) is 34.2 Å². The number of carbonyl (C=O) groups excluding carboxylic acids is 1. The van der Waals surface area contributed by atoms with Crippen LogP contribution in [0.4, 0.5) is 5.69 Å². The number of methoxy groups -OCH3 is 3. The van der Waals surface area contributed by atoms with Crippen LogP contribution in [0.1, 0.15) is 10.4 Å². The quantitative estimate of drug-likeness (QED) is 0.712. The van der Waals surface area contributed by atoms with Gasteiger partial charge in [0.25, 0.3) is 5.91 Å². The molecule has 0 unspecified atom stereocenters. The van der Waals surface area contributed by atoms with Gasteiger partial charge < -0.3 is 19.5 Å². The van der Waals surface area contributed by atoms with E-state index in [0.717, 1.165) is 0 Å². The molecular weight excluding hydrogens is 410 g/mol. The van der Waals surface area contributed by atoms with E-state index in [2.05, 4.69) is 31.5 Å². The lowest BCUT2D eigenvalue weighted by molar-refractivity contribution is 0.0977. The van der Waals surface area contributed by atoms with E-state index in [4.69, 9.17) is 26.4 Å². The molecule has 0 fully saturated rings. The lowest BCUT2D eigenvalue weighted by atomic mass is 10.2. The molecule has 1 aromatic carbocycles. The summed E-state index contributed by atoms with van der Waals surface area (Å²) in [5.74, 6) is 1.02. The standard InChI is InChI=1S/C16H16BrN3O4S/c1-22-12-5-11(6-13(23-2)14(12)24-3)19-16(25)20-15(21)9-4-10(17)8-18-7-9/h4-8H,1-3H3,(H2,19,20,21,25). The molecule has 0 saturated heterocycles. The number of halogens is 1. The third-order valence-corrected chi connectivity index (χ3v) is 3.75.